The maximum atomic E-state index is 10.4. The minimum absolute atomic E-state index is 0.279. The van der Waals surface area contributed by atoms with Gasteiger partial charge in [0.1, 0.15) is 5.69 Å². The summed E-state index contributed by atoms with van der Waals surface area (Å²) in [5.74, 6) is 0.397. The van der Waals surface area contributed by atoms with Gasteiger partial charge in [-0.1, -0.05) is 11.6 Å². The van der Waals surface area contributed by atoms with Crippen LogP contribution in [0.3, 0.4) is 0 Å². The lowest BCUT2D eigenvalue weighted by Gasteiger charge is -2.43. The number of likely N-dealkylation sites (tertiary alicyclic amines) is 1. The number of benzene rings is 1. The number of hydrogen-bond donors (Lipinski definition) is 1. The molecule has 2 aliphatic heterocycles. The second kappa shape index (κ2) is 7.30. The van der Waals surface area contributed by atoms with Crippen molar-refractivity contribution in [3.63, 3.8) is 0 Å². The summed E-state index contributed by atoms with van der Waals surface area (Å²) in [6, 6.07) is 4.81. The molecule has 3 aromatic rings. The average Bonchev–Trinajstić information content (AvgIpc) is 3.20. The highest BCUT2D eigenvalue weighted by atomic mass is 35.5. The molecule has 31 heavy (non-hydrogen) atoms. The number of fused-ring (bicyclic) bond motifs is 1. The van der Waals surface area contributed by atoms with Crippen LogP contribution in [0.4, 0.5) is 0 Å². The van der Waals surface area contributed by atoms with E-state index < -0.39 is 6.10 Å². The molecule has 3 aliphatic rings. The van der Waals surface area contributed by atoms with Gasteiger partial charge in [0, 0.05) is 10.4 Å². The minimum atomic E-state index is -0.421. The van der Waals surface area contributed by atoms with Gasteiger partial charge in [-0.2, -0.15) is 10.2 Å². The molecule has 7 nitrogen and oxygen atoms in total. The van der Waals surface area contributed by atoms with E-state index in [2.05, 4.69) is 39.0 Å². The maximum Gasteiger partial charge on any atom is 0.103 e. The highest BCUT2D eigenvalue weighted by Gasteiger charge is 2.45. The number of nitrogens with zero attached hydrogens (tertiary/aromatic N) is 5. The van der Waals surface area contributed by atoms with Gasteiger partial charge in [-0.3, -0.25) is 9.58 Å². The fourth-order valence-corrected chi connectivity index (χ4v) is 5.54. The van der Waals surface area contributed by atoms with Crippen LogP contribution in [-0.2, 0) is 4.74 Å². The van der Waals surface area contributed by atoms with Crippen molar-refractivity contribution in [2.24, 2.45) is 0 Å². The van der Waals surface area contributed by atoms with Crippen molar-refractivity contribution in [2.45, 2.75) is 56.2 Å². The maximum absolute atomic E-state index is 10.4. The summed E-state index contributed by atoms with van der Waals surface area (Å²) in [5, 5.41) is 21.4. The number of piperidine rings is 1. The second-order valence-corrected chi connectivity index (χ2v) is 9.96. The zero-order valence-corrected chi connectivity index (χ0v) is 18.5. The SMILES string of the molecule is CC1(N2CCC(c3cc4c(cnn4-c4cnn(C5CC5)c4)cc3Cl)CC2)COCC1O. The van der Waals surface area contributed by atoms with Crippen LogP contribution in [0, 0.1) is 0 Å². The predicted octanol–water partition coefficient (Wildman–Crippen LogP) is 3.54. The quantitative estimate of drug-likeness (QED) is 0.670. The summed E-state index contributed by atoms with van der Waals surface area (Å²) < 4.78 is 9.57. The zero-order valence-electron chi connectivity index (χ0n) is 17.7. The van der Waals surface area contributed by atoms with E-state index in [0.717, 1.165) is 47.5 Å². The second-order valence-electron chi connectivity index (χ2n) is 9.55. The van der Waals surface area contributed by atoms with Crippen LogP contribution in [0.25, 0.3) is 16.6 Å². The Morgan fingerprint density at radius 3 is 2.65 bits per heavy atom. The van der Waals surface area contributed by atoms with Crippen molar-refractivity contribution in [1.82, 2.24) is 24.5 Å². The Bertz CT molecular complexity index is 1110. The molecule has 2 atom stereocenters. The molecular formula is C23H28ClN5O2. The van der Waals surface area contributed by atoms with E-state index in [4.69, 9.17) is 16.3 Å². The van der Waals surface area contributed by atoms with Gasteiger partial charge in [-0.15, -0.1) is 0 Å². The van der Waals surface area contributed by atoms with Crippen molar-refractivity contribution in [3.05, 3.63) is 41.3 Å². The van der Waals surface area contributed by atoms with Crippen LogP contribution in [0.5, 0.6) is 0 Å². The lowest BCUT2D eigenvalue weighted by molar-refractivity contribution is -0.00211. The van der Waals surface area contributed by atoms with Crippen molar-refractivity contribution < 1.29 is 9.84 Å². The van der Waals surface area contributed by atoms with Crippen LogP contribution in [0.2, 0.25) is 5.02 Å². The third kappa shape index (κ3) is 3.30. The number of hydrogen-bond acceptors (Lipinski definition) is 5. The van der Waals surface area contributed by atoms with Crippen LogP contribution in [0.1, 0.15) is 50.1 Å². The highest BCUT2D eigenvalue weighted by Crippen LogP contribution is 2.39. The van der Waals surface area contributed by atoms with Crippen LogP contribution in [0.15, 0.2) is 30.7 Å². The molecular weight excluding hydrogens is 414 g/mol. The Morgan fingerprint density at radius 1 is 1.13 bits per heavy atom. The van der Waals surface area contributed by atoms with Gasteiger partial charge in [0.15, 0.2) is 0 Å². The zero-order chi connectivity index (χ0) is 21.2. The number of aromatic nitrogens is 4. The number of aliphatic hydroxyl groups is 1. The van der Waals surface area contributed by atoms with E-state index in [-0.39, 0.29) is 5.54 Å². The minimum Gasteiger partial charge on any atom is -0.389 e. The molecule has 1 N–H and O–H groups in total. The van der Waals surface area contributed by atoms with E-state index in [0.29, 0.717) is 25.2 Å². The van der Waals surface area contributed by atoms with Crippen LogP contribution in [-0.4, -0.2) is 67.5 Å². The predicted molar refractivity (Wildman–Crippen MR) is 119 cm³/mol. The third-order valence-corrected chi connectivity index (χ3v) is 7.81. The Hall–Kier alpha value is -1.93. The van der Waals surface area contributed by atoms with E-state index in [1.54, 1.807) is 0 Å². The Kier molecular flexibility index (Phi) is 4.65. The molecule has 3 fully saturated rings. The van der Waals surface area contributed by atoms with Crippen molar-refractivity contribution in [3.8, 4) is 5.69 Å². The average molecular weight is 442 g/mol. The number of ether oxygens (including phenoxy) is 1. The van der Waals surface area contributed by atoms with Gasteiger partial charge in [-0.25, -0.2) is 4.68 Å². The fraction of sp³-hybridized carbons (Fsp3) is 0.565. The summed E-state index contributed by atoms with van der Waals surface area (Å²) in [4.78, 5) is 2.39. The first kappa shape index (κ1) is 19.7. The van der Waals surface area contributed by atoms with Gasteiger partial charge >= 0.3 is 0 Å². The first-order valence-electron chi connectivity index (χ1n) is 11.3. The smallest absolute Gasteiger partial charge is 0.103 e. The monoisotopic (exact) mass is 441 g/mol. The molecule has 0 amide bonds. The Labute approximate surface area is 186 Å². The first-order chi connectivity index (χ1) is 15.0. The van der Waals surface area contributed by atoms with E-state index >= 15 is 0 Å². The first-order valence-corrected chi connectivity index (χ1v) is 11.6. The van der Waals surface area contributed by atoms with Gasteiger partial charge in [0.25, 0.3) is 0 Å². The van der Waals surface area contributed by atoms with E-state index in [9.17, 15) is 5.11 Å². The van der Waals surface area contributed by atoms with Crippen molar-refractivity contribution in [2.75, 3.05) is 26.3 Å². The normalized spacial score (nSPS) is 28.0. The molecule has 0 spiro atoms. The third-order valence-electron chi connectivity index (χ3n) is 7.48. The number of halogens is 1. The molecule has 2 saturated heterocycles. The lowest BCUT2D eigenvalue weighted by Crippen LogP contribution is -2.56. The molecule has 1 aromatic carbocycles. The molecule has 2 aromatic heterocycles. The molecule has 0 radical (unpaired) electrons. The molecule has 6 rings (SSSR count). The summed E-state index contributed by atoms with van der Waals surface area (Å²) in [6.45, 7) is 5.01. The highest BCUT2D eigenvalue weighted by molar-refractivity contribution is 6.32. The number of rotatable bonds is 4. The molecule has 0 bridgehead atoms. The van der Waals surface area contributed by atoms with E-state index in [1.807, 2.05) is 23.1 Å². The molecule has 4 heterocycles. The van der Waals surface area contributed by atoms with Crippen molar-refractivity contribution in [1.29, 1.82) is 0 Å². The topological polar surface area (TPSA) is 68.3 Å². The van der Waals surface area contributed by atoms with Gasteiger partial charge in [0.05, 0.1) is 55.0 Å². The van der Waals surface area contributed by atoms with Crippen molar-refractivity contribution >= 4 is 22.5 Å². The largest absolute Gasteiger partial charge is 0.389 e. The lowest BCUT2D eigenvalue weighted by atomic mass is 9.85. The van der Waals surface area contributed by atoms with Crippen LogP contribution >= 0.6 is 11.6 Å². The van der Waals surface area contributed by atoms with Gasteiger partial charge in [0.2, 0.25) is 0 Å². The Balaban J connectivity index is 1.26. The van der Waals surface area contributed by atoms with Crippen LogP contribution < -0.4 is 0 Å². The molecule has 1 aliphatic carbocycles. The summed E-state index contributed by atoms with van der Waals surface area (Å²) in [6.07, 6.45) is 9.89. The summed E-state index contributed by atoms with van der Waals surface area (Å²) in [7, 11) is 0. The molecule has 8 heteroatoms. The van der Waals surface area contributed by atoms with Gasteiger partial charge in [-0.05, 0) is 69.3 Å². The van der Waals surface area contributed by atoms with Gasteiger partial charge < -0.3 is 9.84 Å². The standard InChI is InChI=1S/C23H28ClN5O2/c1-23(14-31-13-22(23)30)27-6-4-15(5-7-27)19-9-21-16(8-20(19)24)10-26-29(21)18-11-25-28(12-18)17-2-3-17/h8-12,15,17,22,30H,2-7,13-14H2,1H3. The summed E-state index contributed by atoms with van der Waals surface area (Å²) >= 11 is 6.73. The van der Waals surface area contributed by atoms with E-state index in [1.165, 1.54) is 18.4 Å². The fourth-order valence-electron chi connectivity index (χ4n) is 5.21. The number of aliphatic hydroxyl groups excluding tert-OH is 1. The molecule has 1 saturated carbocycles. The molecule has 2 unspecified atom stereocenters. The Morgan fingerprint density at radius 2 is 1.94 bits per heavy atom. The molecule has 164 valence electrons. The summed E-state index contributed by atoms with van der Waals surface area (Å²) in [5.41, 5.74) is 2.98.